The second-order valence-corrected chi connectivity index (χ2v) is 7.42. The quantitative estimate of drug-likeness (QED) is 0.676. The van der Waals surface area contributed by atoms with E-state index in [1.807, 2.05) is 36.5 Å². The number of rotatable bonds is 1. The number of nitrogens with zero attached hydrogens (tertiary/aromatic N) is 1. The molecule has 5 heteroatoms. The molecule has 6 rings (SSSR count). The Labute approximate surface area is 162 Å². The lowest BCUT2D eigenvalue weighted by atomic mass is 9.77. The van der Waals surface area contributed by atoms with Crippen LogP contribution in [0.1, 0.15) is 36.4 Å². The van der Waals surface area contributed by atoms with Gasteiger partial charge in [-0.15, -0.1) is 0 Å². The number of ether oxygens (including phenoxy) is 2. The van der Waals surface area contributed by atoms with Crippen molar-refractivity contribution in [2.45, 2.75) is 25.3 Å². The number of anilines is 1. The summed E-state index contributed by atoms with van der Waals surface area (Å²) >= 11 is 0. The van der Waals surface area contributed by atoms with Crippen molar-refractivity contribution < 1.29 is 14.3 Å². The maximum Gasteiger partial charge on any atom is 0.231 e. The first-order chi connectivity index (χ1) is 13.8. The molecular formula is C23H18N2O3. The van der Waals surface area contributed by atoms with E-state index in [1.165, 1.54) is 5.57 Å². The summed E-state index contributed by atoms with van der Waals surface area (Å²) in [6.07, 6.45) is 4.23. The molecule has 138 valence electrons. The van der Waals surface area contributed by atoms with E-state index in [0.717, 1.165) is 57.6 Å². The number of ketones is 1. The van der Waals surface area contributed by atoms with Crippen LogP contribution >= 0.6 is 0 Å². The molecule has 1 aromatic heterocycles. The lowest BCUT2D eigenvalue weighted by Gasteiger charge is -2.35. The smallest absolute Gasteiger partial charge is 0.231 e. The Morgan fingerprint density at radius 2 is 1.96 bits per heavy atom. The largest absolute Gasteiger partial charge is 0.454 e. The lowest BCUT2D eigenvalue weighted by Crippen LogP contribution is -2.27. The SMILES string of the molecule is O=C1CCCC2=C1[C@@H](c1ccc3c(c1)OCO3)Nc1c2ccc2ncccc12. The average molecular weight is 370 g/mol. The van der Waals surface area contributed by atoms with E-state index in [4.69, 9.17) is 9.47 Å². The molecule has 0 bridgehead atoms. The maximum atomic E-state index is 13.0. The number of aromatic nitrogens is 1. The van der Waals surface area contributed by atoms with Crippen LogP contribution < -0.4 is 14.8 Å². The van der Waals surface area contributed by atoms with Crippen molar-refractivity contribution in [2.24, 2.45) is 0 Å². The van der Waals surface area contributed by atoms with Crippen molar-refractivity contribution in [3.05, 3.63) is 65.4 Å². The summed E-state index contributed by atoms with van der Waals surface area (Å²) in [7, 11) is 0. The molecule has 3 heterocycles. The molecule has 1 aliphatic carbocycles. The molecule has 28 heavy (non-hydrogen) atoms. The fourth-order valence-electron chi connectivity index (χ4n) is 4.60. The number of allylic oxidation sites excluding steroid dienone is 1. The van der Waals surface area contributed by atoms with E-state index in [9.17, 15) is 4.79 Å². The molecular weight excluding hydrogens is 352 g/mol. The number of pyridine rings is 1. The van der Waals surface area contributed by atoms with E-state index in [1.54, 1.807) is 0 Å². The highest BCUT2D eigenvalue weighted by molar-refractivity contribution is 6.11. The van der Waals surface area contributed by atoms with Gasteiger partial charge in [0.15, 0.2) is 17.3 Å². The lowest BCUT2D eigenvalue weighted by molar-refractivity contribution is -0.116. The summed E-state index contributed by atoms with van der Waals surface area (Å²) in [5.74, 6) is 1.71. The standard InChI is InChI=1S/C23H18N2O3/c26-18-5-1-3-14-15-7-8-17-16(4-2-10-24-17)23(15)25-22(21(14)18)13-6-9-19-20(11-13)28-12-27-19/h2,4,6-11,22,25H,1,3,5,12H2/t22-/m1/s1. The first-order valence-corrected chi connectivity index (χ1v) is 9.60. The summed E-state index contributed by atoms with van der Waals surface area (Å²) in [6, 6.07) is 13.9. The predicted octanol–water partition coefficient (Wildman–Crippen LogP) is 4.64. The number of hydrogen-bond acceptors (Lipinski definition) is 5. The number of hydrogen-bond donors (Lipinski definition) is 1. The van der Waals surface area contributed by atoms with E-state index in [0.29, 0.717) is 6.42 Å². The first kappa shape index (κ1) is 15.7. The molecule has 3 aliphatic rings. The molecule has 0 saturated carbocycles. The number of Topliss-reactive ketones (excluding diaryl/α,β-unsaturated/α-hetero) is 1. The normalized spacial score (nSPS) is 20.0. The van der Waals surface area contributed by atoms with Crippen LogP contribution in [0, 0.1) is 0 Å². The van der Waals surface area contributed by atoms with Crippen LogP contribution in [0.15, 0.2) is 54.2 Å². The molecule has 0 spiro atoms. The second-order valence-electron chi connectivity index (χ2n) is 7.42. The number of carbonyl (C=O) groups excluding carboxylic acids is 1. The molecule has 0 amide bonds. The fourth-order valence-corrected chi connectivity index (χ4v) is 4.60. The van der Waals surface area contributed by atoms with E-state index >= 15 is 0 Å². The maximum absolute atomic E-state index is 13.0. The Kier molecular flexibility index (Phi) is 3.27. The Bertz CT molecular complexity index is 1180. The van der Waals surface area contributed by atoms with Crippen LogP contribution in [0.4, 0.5) is 5.69 Å². The zero-order valence-corrected chi connectivity index (χ0v) is 15.2. The minimum atomic E-state index is -0.199. The van der Waals surface area contributed by atoms with Crippen LogP contribution in [0.5, 0.6) is 11.5 Å². The van der Waals surface area contributed by atoms with Gasteiger partial charge in [-0.3, -0.25) is 9.78 Å². The Balaban J connectivity index is 1.59. The second kappa shape index (κ2) is 5.83. The Hall–Kier alpha value is -3.34. The van der Waals surface area contributed by atoms with Crippen LogP contribution in [0.25, 0.3) is 16.5 Å². The third kappa shape index (κ3) is 2.19. The molecule has 0 radical (unpaired) electrons. The van der Waals surface area contributed by atoms with Gasteiger partial charge in [-0.05, 0) is 54.3 Å². The van der Waals surface area contributed by atoms with E-state index < -0.39 is 0 Å². The zero-order valence-electron chi connectivity index (χ0n) is 15.2. The van der Waals surface area contributed by atoms with E-state index in [2.05, 4.69) is 22.4 Å². The van der Waals surface area contributed by atoms with Gasteiger partial charge in [-0.2, -0.15) is 0 Å². The van der Waals surface area contributed by atoms with Gasteiger partial charge in [0.25, 0.3) is 0 Å². The van der Waals surface area contributed by atoms with Crippen molar-refractivity contribution in [3.63, 3.8) is 0 Å². The van der Waals surface area contributed by atoms with Gasteiger partial charge in [-0.1, -0.05) is 12.1 Å². The van der Waals surface area contributed by atoms with Gasteiger partial charge in [0.1, 0.15) is 0 Å². The molecule has 0 unspecified atom stereocenters. The van der Waals surface area contributed by atoms with Crippen molar-refractivity contribution in [3.8, 4) is 11.5 Å². The van der Waals surface area contributed by atoms with Gasteiger partial charge in [0, 0.05) is 29.1 Å². The van der Waals surface area contributed by atoms with Gasteiger partial charge in [-0.25, -0.2) is 0 Å². The van der Waals surface area contributed by atoms with Gasteiger partial charge >= 0.3 is 0 Å². The van der Waals surface area contributed by atoms with Gasteiger partial charge < -0.3 is 14.8 Å². The molecule has 3 aromatic rings. The summed E-state index contributed by atoms with van der Waals surface area (Å²) in [5, 5.41) is 4.74. The fraction of sp³-hybridized carbons (Fsp3) is 0.217. The molecule has 1 N–H and O–H groups in total. The minimum absolute atomic E-state index is 0.199. The first-order valence-electron chi connectivity index (χ1n) is 9.60. The highest BCUT2D eigenvalue weighted by Crippen LogP contribution is 2.48. The molecule has 5 nitrogen and oxygen atoms in total. The number of benzene rings is 2. The van der Waals surface area contributed by atoms with Crippen molar-refractivity contribution >= 4 is 27.9 Å². The Morgan fingerprint density at radius 3 is 2.93 bits per heavy atom. The number of carbonyl (C=O) groups is 1. The van der Waals surface area contributed by atoms with E-state index in [-0.39, 0.29) is 18.6 Å². The van der Waals surface area contributed by atoms with Crippen LogP contribution in [0.2, 0.25) is 0 Å². The van der Waals surface area contributed by atoms with Crippen molar-refractivity contribution in [1.29, 1.82) is 0 Å². The average Bonchev–Trinajstić information content (AvgIpc) is 3.21. The number of fused-ring (bicyclic) bond motifs is 5. The molecule has 1 atom stereocenters. The summed E-state index contributed by atoms with van der Waals surface area (Å²) in [5.41, 5.74) is 6.20. The highest BCUT2D eigenvalue weighted by atomic mass is 16.7. The number of nitrogens with one attached hydrogen (secondary N) is 1. The minimum Gasteiger partial charge on any atom is -0.454 e. The molecule has 0 fully saturated rings. The summed E-state index contributed by atoms with van der Waals surface area (Å²) < 4.78 is 11.0. The predicted molar refractivity (Wildman–Crippen MR) is 106 cm³/mol. The van der Waals surface area contributed by atoms with Crippen molar-refractivity contribution in [2.75, 3.05) is 12.1 Å². The molecule has 0 saturated heterocycles. The molecule has 2 aromatic carbocycles. The van der Waals surface area contributed by atoms with Gasteiger partial charge in [0.2, 0.25) is 6.79 Å². The summed E-state index contributed by atoms with van der Waals surface area (Å²) in [4.78, 5) is 17.4. The highest BCUT2D eigenvalue weighted by Gasteiger charge is 2.35. The van der Waals surface area contributed by atoms with Crippen LogP contribution in [-0.2, 0) is 4.79 Å². The zero-order chi connectivity index (χ0) is 18.7. The molecule has 2 aliphatic heterocycles. The topological polar surface area (TPSA) is 60.5 Å². The monoisotopic (exact) mass is 370 g/mol. The van der Waals surface area contributed by atoms with Crippen LogP contribution in [0.3, 0.4) is 0 Å². The van der Waals surface area contributed by atoms with Gasteiger partial charge in [0.05, 0.1) is 17.2 Å². The third-order valence-electron chi connectivity index (χ3n) is 5.87. The summed E-state index contributed by atoms with van der Waals surface area (Å²) in [6.45, 7) is 0.239. The van der Waals surface area contributed by atoms with Crippen LogP contribution in [-0.4, -0.2) is 17.6 Å². The third-order valence-corrected chi connectivity index (χ3v) is 5.87. The Morgan fingerprint density at radius 1 is 1.04 bits per heavy atom. The van der Waals surface area contributed by atoms with Crippen molar-refractivity contribution in [1.82, 2.24) is 4.98 Å².